The summed E-state index contributed by atoms with van der Waals surface area (Å²) in [5, 5.41) is 0. The molecule has 1 aliphatic rings. The van der Waals surface area contributed by atoms with Crippen molar-refractivity contribution in [2.75, 3.05) is 19.7 Å². The number of nitrogens with two attached hydrogens (primary N) is 1. The van der Waals surface area contributed by atoms with Gasteiger partial charge in [0.25, 0.3) is 0 Å². The van der Waals surface area contributed by atoms with Crippen molar-refractivity contribution in [3.05, 3.63) is 29.3 Å². The van der Waals surface area contributed by atoms with Crippen LogP contribution in [0, 0.1) is 19.8 Å². The van der Waals surface area contributed by atoms with Crippen LogP contribution >= 0.6 is 0 Å². The SMILES string of the molecule is Cc1cccc(OCCC(=O)N2CCC(C(C)N)CC2)c1C. The first-order valence-electron chi connectivity index (χ1n) is 8.21. The molecule has 0 saturated carbocycles. The average molecular weight is 304 g/mol. The summed E-state index contributed by atoms with van der Waals surface area (Å²) in [4.78, 5) is 14.2. The molecule has 1 amide bonds. The van der Waals surface area contributed by atoms with Gasteiger partial charge in [-0.1, -0.05) is 12.1 Å². The number of aryl methyl sites for hydroxylation is 1. The number of likely N-dealkylation sites (tertiary alicyclic amines) is 1. The molecule has 122 valence electrons. The normalized spacial score (nSPS) is 17.4. The lowest BCUT2D eigenvalue weighted by Gasteiger charge is -2.33. The van der Waals surface area contributed by atoms with Gasteiger partial charge < -0.3 is 15.4 Å². The number of piperidine rings is 1. The fourth-order valence-corrected chi connectivity index (χ4v) is 2.96. The number of rotatable bonds is 5. The lowest BCUT2D eigenvalue weighted by molar-refractivity contribution is -0.133. The van der Waals surface area contributed by atoms with Crippen LogP contribution in [-0.2, 0) is 4.79 Å². The largest absolute Gasteiger partial charge is 0.493 e. The first-order chi connectivity index (χ1) is 10.5. The van der Waals surface area contributed by atoms with Gasteiger partial charge in [0, 0.05) is 19.1 Å². The fraction of sp³-hybridized carbons (Fsp3) is 0.611. The highest BCUT2D eigenvalue weighted by atomic mass is 16.5. The summed E-state index contributed by atoms with van der Waals surface area (Å²) >= 11 is 0. The molecule has 1 fully saturated rings. The molecule has 4 nitrogen and oxygen atoms in total. The predicted octanol–water partition coefficient (Wildman–Crippen LogP) is 2.66. The van der Waals surface area contributed by atoms with Crippen LogP contribution < -0.4 is 10.5 Å². The summed E-state index contributed by atoms with van der Waals surface area (Å²) in [7, 11) is 0. The van der Waals surface area contributed by atoms with E-state index in [-0.39, 0.29) is 11.9 Å². The third-order valence-electron chi connectivity index (χ3n) is 4.76. The van der Waals surface area contributed by atoms with Gasteiger partial charge in [0.05, 0.1) is 13.0 Å². The van der Waals surface area contributed by atoms with E-state index in [1.807, 2.05) is 24.0 Å². The maximum atomic E-state index is 12.2. The lowest BCUT2D eigenvalue weighted by atomic mass is 9.91. The molecule has 1 saturated heterocycles. The second-order valence-electron chi connectivity index (χ2n) is 6.37. The summed E-state index contributed by atoms with van der Waals surface area (Å²) < 4.78 is 5.77. The van der Waals surface area contributed by atoms with Crippen molar-refractivity contribution in [3.63, 3.8) is 0 Å². The molecule has 1 aliphatic heterocycles. The van der Waals surface area contributed by atoms with E-state index < -0.39 is 0 Å². The van der Waals surface area contributed by atoms with Crippen molar-refractivity contribution in [3.8, 4) is 5.75 Å². The molecule has 0 spiro atoms. The number of carbonyl (C=O) groups excluding carboxylic acids is 1. The molecule has 1 atom stereocenters. The minimum absolute atomic E-state index is 0.188. The number of carbonyl (C=O) groups is 1. The Hall–Kier alpha value is -1.55. The number of hydrogen-bond acceptors (Lipinski definition) is 3. The van der Waals surface area contributed by atoms with Crippen molar-refractivity contribution in [1.82, 2.24) is 4.90 Å². The van der Waals surface area contributed by atoms with E-state index in [1.54, 1.807) is 0 Å². The number of ether oxygens (including phenoxy) is 1. The van der Waals surface area contributed by atoms with Gasteiger partial charge >= 0.3 is 0 Å². The van der Waals surface area contributed by atoms with Crippen molar-refractivity contribution in [1.29, 1.82) is 0 Å². The van der Waals surface area contributed by atoms with E-state index in [0.29, 0.717) is 18.9 Å². The topological polar surface area (TPSA) is 55.6 Å². The van der Waals surface area contributed by atoms with Crippen LogP contribution in [0.5, 0.6) is 5.75 Å². The Morgan fingerprint density at radius 1 is 1.36 bits per heavy atom. The Morgan fingerprint density at radius 3 is 2.68 bits per heavy atom. The number of hydrogen-bond donors (Lipinski definition) is 1. The van der Waals surface area contributed by atoms with Crippen LogP contribution in [0.15, 0.2) is 18.2 Å². The second-order valence-corrected chi connectivity index (χ2v) is 6.37. The van der Waals surface area contributed by atoms with Crippen LogP contribution in [0.3, 0.4) is 0 Å². The van der Waals surface area contributed by atoms with Gasteiger partial charge in [0.2, 0.25) is 5.91 Å². The molecule has 0 radical (unpaired) electrons. The van der Waals surface area contributed by atoms with E-state index in [9.17, 15) is 4.79 Å². The summed E-state index contributed by atoms with van der Waals surface area (Å²) in [5.74, 6) is 1.62. The molecule has 2 N–H and O–H groups in total. The molecule has 1 aromatic carbocycles. The van der Waals surface area contributed by atoms with Gasteiger partial charge in [-0.05, 0) is 56.7 Å². The van der Waals surface area contributed by atoms with Gasteiger partial charge in [-0.3, -0.25) is 4.79 Å². The Kier molecular flexibility index (Phi) is 5.83. The molecule has 2 rings (SSSR count). The maximum Gasteiger partial charge on any atom is 0.225 e. The van der Waals surface area contributed by atoms with E-state index in [2.05, 4.69) is 19.9 Å². The molecule has 1 unspecified atom stereocenters. The average Bonchev–Trinajstić information content (AvgIpc) is 2.51. The van der Waals surface area contributed by atoms with Crippen molar-refractivity contribution < 1.29 is 9.53 Å². The van der Waals surface area contributed by atoms with Crippen molar-refractivity contribution in [2.24, 2.45) is 11.7 Å². The molecule has 1 heterocycles. The van der Waals surface area contributed by atoms with Crippen LogP contribution in [-0.4, -0.2) is 36.5 Å². The van der Waals surface area contributed by atoms with Gasteiger partial charge in [0.1, 0.15) is 5.75 Å². The minimum atomic E-state index is 0.188. The Balaban J connectivity index is 1.76. The van der Waals surface area contributed by atoms with Gasteiger partial charge in [-0.15, -0.1) is 0 Å². The van der Waals surface area contributed by atoms with E-state index in [0.717, 1.165) is 37.2 Å². The van der Waals surface area contributed by atoms with E-state index >= 15 is 0 Å². The molecule has 22 heavy (non-hydrogen) atoms. The molecule has 0 aliphatic carbocycles. The zero-order valence-electron chi connectivity index (χ0n) is 14.0. The van der Waals surface area contributed by atoms with Crippen LogP contribution in [0.2, 0.25) is 0 Å². The first kappa shape index (κ1) is 16.8. The standard InChI is InChI=1S/C18H28N2O2/c1-13-5-4-6-17(14(13)2)22-12-9-18(21)20-10-7-16(8-11-20)15(3)19/h4-6,15-16H,7-12,19H2,1-3H3. The Labute approximate surface area is 133 Å². The summed E-state index contributed by atoms with van der Waals surface area (Å²) in [5.41, 5.74) is 8.29. The number of nitrogens with zero attached hydrogens (tertiary/aromatic N) is 1. The summed E-state index contributed by atoms with van der Waals surface area (Å²) in [6.07, 6.45) is 2.47. The fourth-order valence-electron chi connectivity index (χ4n) is 2.96. The zero-order chi connectivity index (χ0) is 16.1. The highest BCUT2D eigenvalue weighted by Crippen LogP contribution is 2.22. The molecule has 4 heteroatoms. The lowest BCUT2D eigenvalue weighted by Crippen LogP contribution is -2.42. The second kappa shape index (κ2) is 7.63. The van der Waals surface area contributed by atoms with Gasteiger partial charge in [0.15, 0.2) is 0 Å². The predicted molar refractivity (Wildman–Crippen MR) is 89.0 cm³/mol. The third-order valence-corrected chi connectivity index (χ3v) is 4.76. The van der Waals surface area contributed by atoms with Crippen molar-refractivity contribution in [2.45, 2.75) is 46.1 Å². The highest BCUT2D eigenvalue weighted by molar-refractivity contribution is 5.76. The number of benzene rings is 1. The summed E-state index contributed by atoms with van der Waals surface area (Å²) in [6.45, 7) is 8.26. The molecular formula is C18H28N2O2. The Bertz CT molecular complexity index is 506. The van der Waals surface area contributed by atoms with E-state index in [1.165, 1.54) is 5.56 Å². The van der Waals surface area contributed by atoms with Gasteiger partial charge in [-0.25, -0.2) is 0 Å². The quantitative estimate of drug-likeness (QED) is 0.910. The monoisotopic (exact) mass is 304 g/mol. The van der Waals surface area contributed by atoms with Crippen LogP contribution in [0.4, 0.5) is 0 Å². The smallest absolute Gasteiger partial charge is 0.225 e. The van der Waals surface area contributed by atoms with Crippen LogP contribution in [0.1, 0.15) is 37.3 Å². The molecule has 0 aromatic heterocycles. The summed E-state index contributed by atoms with van der Waals surface area (Å²) in [6, 6.07) is 6.24. The minimum Gasteiger partial charge on any atom is -0.493 e. The molecule has 1 aromatic rings. The van der Waals surface area contributed by atoms with Gasteiger partial charge in [-0.2, -0.15) is 0 Å². The first-order valence-corrected chi connectivity index (χ1v) is 8.21. The Morgan fingerprint density at radius 2 is 2.05 bits per heavy atom. The molecular weight excluding hydrogens is 276 g/mol. The maximum absolute atomic E-state index is 12.2. The number of amides is 1. The van der Waals surface area contributed by atoms with Crippen molar-refractivity contribution >= 4 is 5.91 Å². The van der Waals surface area contributed by atoms with E-state index in [4.69, 9.17) is 10.5 Å². The molecule has 0 bridgehead atoms. The highest BCUT2D eigenvalue weighted by Gasteiger charge is 2.24. The zero-order valence-corrected chi connectivity index (χ0v) is 14.0. The third kappa shape index (κ3) is 4.23. The van der Waals surface area contributed by atoms with Crippen LogP contribution in [0.25, 0.3) is 0 Å².